The molecule has 224 valence electrons. The van der Waals surface area contributed by atoms with E-state index >= 15 is 0 Å². The van der Waals surface area contributed by atoms with E-state index in [1.54, 1.807) is 36.4 Å². The standard InChI is InChI=1S/C34H37N3O5S/c1-25-14-16-29(17-15-25)37(43(40,41)31-20-18-30(42-4)19-21-31)24-33(38)36(23-28-13-9-8-10-26(28)2)32(34(39)35-3)22-27-11-6-5-7-12-27/h5-21,32H,22-24H2,1-4H3,(H,35,39). The molecular formula is C34H37N3O5S. The fourth-order valence-corrected chi connectivity index (χ4v) is 6.22. The lowest BCUT2D eigenvalue weighted by Crippen LogP contribution is -2.53. The third kappa shape index (κ3) is 7.61. The fourth-order valence-electron chi connectivity index (χ4n) is 4.81. The zero-order valence-corrected chi connectivity index (χ0v) is 25.7. The van der Waals surface area contributed by atoms with Crippen molar-refractivity contribution in [2.75, 3.05) is 25.0 Å². The van der Waals surface area contributed by atoms with Crippen molar-refractivity contribution in [1.29, 1.82) is 0 Å². The number of likely N-dealkylation sites (N-methyl/N-ethyl adjacent to an activating group) is 1. The molecule has 0 aliphatic rings. The smallest absolute Gasteiger partial charge is 0.264 e. The first-order valence-electron chi connectivity index (χ1n) is 14.0. The largest absolute Gasteiger partial charge is 0.497 e. The Hall–Kier alpha value is -4.63. The van der Waals surface area contributed by atoms with Crippen molar-refractivity contribution >= 4 is 27.5 Å². The lowest BCUT2D eigenvalue weighted by atomic mass is 10.0. The lowest BCUT2D eigenvalue weighted by Gasteiger charge is -2.34. The van der Waals surface area contributed by atoms with Crippen LogP contribution in [0.3, 0.4) is 0 Å². The molecule has 1 N–H and O–H groups in total. The van der Waals surface area contributed by atoms with Gasteiger partial charge in [-0.25, -0.2) is 8.42 Å². The second-order valence-corrected chi connectivity index (χ2v) is 12.2. The number of hydrogen-bond donors (Lipinski definition) is 1. The highest BCUT2D eigenvalue weighted by Crippen LogP contribution is 2.27. The molecule has 4 rings (SSSR count). The molecule has 0 saturated carbocycles. The van der Waals surface area contributed by atoms with E-state index in [1.165, 1.54) is 31.2 Å². The van der Waals surface area contributed by atoms with Crippen molar-refractivity contribution in [3.8, 4) is 5.75 Å². The van der Waals surface area contributed by atoms with Crippen LogP contribution in [0.5, 0.6) is 5.75 Å². The van der Waals surface area contributed by atoms with Gasteiger partial charge in [0.2, 0.25) is 11.8 Å². The minimum Gasteiger partial charge on any atom is -0.497 e. The van der Waals surface area contributed by atoms with Gasteiger partial charge < -0.3 is 15.0 Å². The molecule has 4 aromatic carbocycles. The predicted octanol–water partition coefficient (Wildman–Crippen LogP) is 4.89. The van der Waals surface area contributed by atoms with E-state index in [0.29, 0.717) is 11.4 Å². The molecule has 0 aromatic heterocycles. The molecule has 43 heavy (non-hydrogen) atoms. The van der Waals surface area contributed by atoms with E-state index in [9.17, 15) is 18.0 Å². The minimum atomic E-state index is -4.18. The van der Waals surface area contributed by atoms with Crippen LogP contribution in [0.4, 0.5) is 5.69 Å². The second-order valence-electron chi connectivity index (χ2n) is 10.3. The van der Waals surface area contributed by atoms with Gasteiger partial charge in [-0.1, -0.05) is 72.3 Å². The quantitative estimate of drug-likeness (QED) is 0.250. The van der Waals surface area contributed by atoms with Gasteiger partial charge in [0.05, 0.1) is 17.7 Å². The maximum absolute atomic E-state index is 14.4. The first-order chi connectivity index (χ1) is 20.6. The van der Waals surface area contributed by atoms with Gasteiger partial charge in [0.25, 0.3) is 10.0 Å². The van der Waals surface area contributed by atoms with Crippen LogP contribution < -0.4 is 14.4 Å². The highest BCUT2D eigenvalue weighted by Gasteiger charge is 2.34. The predicted molar refractivity (Wildman–Crippen MR) is 168 cm³/mol. The van der Waals surface area contributed by atoms with Crippen molar-refractivity contribution in [3.63, 3.8) is 0 Å². The first-order valence-corrected chi connectivity index (χ1v) is 15.4. The van der Waals surface area contributed by atoms with Crippen LogP contribution in [-0.2, 0) is 32.6 Å². The molecule has 1 unspecified atom stereocenters. The number of methoxy groups -OCH3 is 1. The van der Waals surface area contributed by atoms with Gasteiger partial charge in [-0.3, -0.25) is 13.9 Å². The van der Waals surface area contributed by atoms with E-state index in [1.807, 2.05) is 68.4 Å². The van der Waals surface area contributed by atoms with Gasteiger partial charge in [-0.2, -0.15) is 0 Å². The first kappa shape index (κ1) is 31.3. The molecule has 0 aliphatic heterocycles. The van der Waals surface area contributed by atoms with Gasteiger partial charge in [0, 0.05) is 20.0 Å². The van der Waals surface area contributed by atoms with Crippen LogP contribution in [-0.4, -0.2) is 51.9 Å². The number of benzene rings is 4. The lowest BCUT2D eigenvalue weighted by molar-refractivity contribution is -0.139. The summed E-state index contributed by atoms with van der Waals surface area (Å²) in [6, 6.07) is 29.2. The number of ether oxygens (including phenoxy) is 1. The Morgan fingerprint density at radius 1 is 0.837 bits per heavy atom. The van der Waals surface area contributed by atoms with Gasteiger partial charge in [0.1, 0.15) is 18.3 Å². The third-order valence-corrected chi connectivity index (χ3v) is 9.16. The Kier molecular flexibility index (Phi) is 10.2. The summed E-state index contributed by atoms with van der Waals surface area (Å²) in [4.78, 5) is 29.2. The number of nitrogens with one attached hydrogen (secondary N) is 1. The fraction of sp³-hybridized carbons (Fsp3) is 0.235. The Labute approximate surface area is 254 Å². The van der Waals surface area contributed by atoms with Crippen LogP contribution in [0.15, 0.2) is 108 Å². The Bertz CT molecular complexity index is 1640. The molecule has 0 fully saturated rings. The highest BCUT2D eigenvalue weighted by molar-refractivity contribution is 7.92. The number of nitrogens with zero attached hydrogens (tertiary/aromatic N) is 2. The van der Waals surface area contributed by atoms with Crippen molar-refractivity contribution < 1.29 is 22.7 Å². The monoisotopic (exact) mass is 599 g/mol. The number of anilines is 1. The summed E-state index contributed by atoms with van der Waals surface area (Å²) >= 11 is 0. The Balaban J connectivity index is 1.79. The minimum absolute atomic E-state index is 0.0132. The molecule has 8 nitrogen and oxygen atoms in total. The SMILES string of the molecule is CNC(=O)C(Cc1ccccc1)N(Cc1ccccc1C)C(=O)CN(c1ccc(C)cc1)S(=O)(=O)c1ccc(OC)cc1. The van der Waals surface area contributed by atoms with Gasteiger partial charge >= 0.3 is 0 Å². The molecule has 0 heterocycles. The number of sulfonamides is 1. The van der Waals surface area contributed by atoms with E-state index in [2.05, 4.69) is 5.32 Å². The van der Waals surface area contributed by atoms with E-state index in [4.69, 9.17) is 4.74 Å². The van der Waals surface area contributed by atoms with Crippen LogP contribution in [0.1, 0.15) is 22.3 Å². The van der Waals surface area contributed by atoms with Crippen molar-refractivity contribution in [3.05, 3.63) is 125 Å². The molecule has 2 amide bonds. The van der Waals surface area contributed by atoms with E-state index in [-0.39, 0.29) is 23.8 Å². The van der Waals surface area contributed by atoms with Crippen LogP contribution in [0.2, 0.25) is 0 Å². The Morgan fingerprint density at radius 3 is 2.07 bits per heavy atom. The second kappa shape index (κ2) is 14.0. The number of carbonyl (C=O) groups excluding carboxylic acids is 2. The zero-order valence-electron chi connectivity index (χ0n) is 24.9. The number of aryl methyl sites for hydroxylation is 2. The molecule has 0 saturated heterocycles. The van der Waals surface area contributed by atoms with Gasteiger partial charge in [-0.15, -0.1) is 0 Å². The van der Waals surface area contributed by atoms with E-state index in [0.717, 1.165) is 26.6 Å². The van der Waals surface area contributed by atoms with Crippen molar-refractivity contribution in [2.24, 2.45) is 0 Å². The summed E-state index contributed by atoms with van der Waals surface area (Å²) in [6.45, 7) is 3.46. The van der Waals surface area contributed by atoms with E-state index < -0.39 is 28.5 Å². The van der Waals surface area contributed by atoms with Crippen molar-refractivity contribution in [2.45, 2.75) is 37.8 Å². The van der Waals surface area contributed by atoms with Crippen molar-refractivity contribution in [1.82, 2.24) is 10.2 Å². The summed E-state index contributed by atoms with van der Waals surface area (Å²) in [5.41, 5.74) is 3.97. The summed E-state index contributed by atoms with van der Waals surface area (Å²) in [6.07, 6.45) is 0.258. The summed E-state index contributed by atoms with van der Waals surface area (Å²) in [5.74, 6) is -0.341. The molecule has 9 heteroatoms. The maximum Gasteiger partial charge on any atom is 0.264 e. The molecule has 0 aliphatic carbocycles. The number of hydrogen-bond acceptors (Lipinski definition) is 5. The average molecular weight is 600 g/mol. The van der Waals surface area contributed by atoms with Crippen LogP contribution in [0, 0.1) is 13.8 Å². The molecule has 4 aromatic rings. The summed E-state index contributed by atoms with van der Waals surface area (Å²) < 4.78 is 34.5. The average Bonchev–Trinajstić information content (AvgIpc) is 3.02. The number of carbonyl (C=O) groups is 2. The Morgan fingerprint density at radius 2 is 1.47 bits per heavy atom. The van der Waals surface area contributed by atoms with Gasteiger partial charge in [-0.05, 0) is 66.9 Å². The normalized spacial score (nSPS) is 11.8. The maximum atomic E-state index is 14.4. The molecule has 0 radical (unpaired) electrons. The van der Waals surface area contributed by atoms with Crippen LogP contribution >= 0.6 is 0 Å². The van der Waals surface area contributed by atoms with Gasteiger partial charge in [0.15, 0.2) is 0 Å². The summed E-state index contributed by atoms with van der Waals surface area (Å²) in [7, 11) is -1.15. The molecule has 0 spiro atoms. The molecular weight excluding hydrogens is 562 g/mol. The topological polar surface area (TPSA) is 96.0 Å². The molecule has 0 bridgehead atoms. The zero-order chi connectivity index (χ0) is 31.0. The molecule has 1 atom stereocenters. The third-order valence-electron chi connectivity index (χ3n) is 7.37. The highest BCUT2D eigenvalue weighted by atomic mass is 32.2. The van der Waals surface area contributed by atoms with Crippen LogP contribution in [0.25, 0.3) is 0 Å². The number of amides is 2. The number of rotatable bonds is 12. The summed E-state index contributed by atoms with van der Waals surface area (Å²) in [5, 5.41) is 2.70.